The number of rotatable bonds is 4. The number of aryl methyl sites for hydroxylation is 1. The van der Waals surface area contributed by atoms with Crippen LogP contribution in [0.4, 0.5) is 8.78 Å². The molecule has 2 unspecified atom stereocenters. The summed E-state index contributed by atoms with van der Waals surface area (Å²) in [5.41, 5.74) is 6.22. The number of nitrogens with zero attached hydrogens (tertiary/aromatic N) is 5. The first-order valence-electron chi connectivity index (χ1n) is 8.57. The SMILES string of the molecule is Cc1ccc(C(C)(O)C(F)F)cc1-c1cnc2n1C=C(n1cncn1)NC2N. The smallest absolute Gasteiger partial charge is 0.270 e. The fourth-order valence-electron chi connectivity index (χ4n) is 3.12. The van der Waals surface area contributed by atoms with E-state index in [4.69, 9.17) is 5.73 Å². The topological polar surface area (TPSA) is 107 Å². The lowest BCUT2D eigenvalue weighted by Gasteiger charge is -2.25. The van der Waals surface area contributed by atoms with Crippen LogP contribution < -0.4 is 11.1 Å². The van der Waals surface area contributed by atoms with Gasteiger partial charge in [-0.2, -0.15) is 5.10 Å². The Morgan fingerprint density at radius 1 is 1.36 bits per heavy atom. The molecule has 0 bridgehead atoms. The lowest BCUT2D eigenvalue weighted by Crippen LogP contribution is -2.35. The zero-order chi connectivity index (χ0) is 20.1. The first kappa shape index (κ1) is 18.3. The van der Waals surface area contributed by atoms with Gasteiger partial charge in [0.15, 0.2) is 5.82 Å². The van der Waals surface area contributed by atoms with Crippen molar-refractivity contribution in [2.75, 3.05) is 0 Å². The summed E-state index contributed by atoms with van der Waals surface area (Å²) in [6.45, 7) is 2.96. The van der Waals surface area contributed by atoms with Crippen LogP contribution in [0.25, 0.3) is 23.3 Å². The van der Waals surface area contributed by atoms with Crippen LogP contribution in [-0.4, -0.2) is 35.8 Å². The summed E-state index contributed by atoms with van der Waals surface area (Å²) < 4.78 is 29.9. The summed E-state index contributed by atoms with van der Waals surface area (Å²) in [4.78, 5) is 8.30. The number of nitrogens with two attached hydrogens (primary N) is 1. The van der Waals surface area contributed by atoms with Crippen molar-refractivity contribution in [3.63, 3.8) is 0 Å². The molecular weight excluding hydrogens is 368 g/mol. The molecule has 3 heterocycles. The molecule has 2 aromatic heterocycles. The Morgan fingerprint density at radius 2 is 2.14 bits per heavy atom. The van der Waals surface area contributed by atoms with Crippen LogP contribution in [0, 0.1) is 6.92 Å². The fourth-order valence-corrected chi connectivity index (χ4v) is 3.12. The molecule has 0 radical (unpaired) electrons. The molecule has 146 valence electrons. The Hall–Kier alpha value is -3.11. The van der Waals surface area contributed by atoms with Gasteiger partial charge in [0, 0.05) is 5.56 Å². The average Bonchev–Trinajstić information content (AvgIpc) is 3.31. The van der Waals surface area contributed by atoms with Gasteiger partial charge in [0.2, 0.25) is 0 Å². The Bertz CT molecular complexity index is 1040. The van der Waals surface area contributed by atoms with Gasteiger partial charge in [-0.05, 0) is 31.0 Å². The second-order valence-corrected chi connectivity index (χ2v) is 6.83. The predicted molar refractivity (Wildman–Crippen MR) is 98.5 cm³/mol. The van der Waals surface area contributed by atoms with Crippen LogP contribution in [0.5, 0.6) is 0 Å². The maximum absolute atomic E-state index is 13.3. The van der Waals surface area contributed by atoms with E-state index < -0.39 is 18.2 Å². The molecule has 1 aliphatic rings. The fraction of sp³-hybridized carbons (Fsp3) is 0.278. The van der Waals surface area contributed by atoms with Crippen molar-refractivity contribution < 1.29 is 13.9 Å². The van der Waals surface area contributed by atoms with E-state index in [1.807, 2.05) is 6.92 Å². The molecule has 4 N–H and O–H groups in total. The minimum absolute atomic E-state index is 0.123. The number of aliphatic hydroxyl groups is 1. The number of alkyl halides is 2. The quantitative estimate of drug-likeness (QED) is 0.631. The van der Waals surface area contributed by atoms with E-state index in [2.05, 4.69) is 20.4 Å². The van der Waals surface area contributed by atoms with Gasteiger partial charge >= 0.3 is 0 Å². The van der Waals surface area contributed by atoms with Gasteiger partial charge in [-0.1, -0.05) is 12.1 Å². The number of halogens is 2. The van der Waals surface area contributed by atoms with Crippen molar-refractivity contribution in [3.05, 3.63) is 54.0 Å². The van der Waals surface area contributed by atoms with Crippen LogP contribution >= 0.6 is 0 Å². The second-order valence-electron chi connectivity index (χ2n) is 6.83. The van der Waals surface area contributed by atoms with Gasteiger partial charge in [-0.25, -0.2) is 23.4 Å². The number of hydrogen-bond acceptors (Lipinski definition) is 6. The predicted octanol–water partition coefficient (Wildman–Crippen LogP) is 1.90. The van der Waals surface area contributed by atoms with Crippen molar-refractivity contribution in [2.24, 2.45) is 5.73 Å². The Balaban J connectivity index is 1.85. The van der Waals surface area contributed by atoms with Crippen LogP contribution in [0.2, 0.25) is 0 Å². The third kappa shape index (κ3) is 2.86. The molecule has 8 nitrogen and oxygen atoms in total. The summed E-state index contributed by atoms with van der Waals surface area (Å²) in [7, 11) is 0. The highest BCUT2D eigenvalue weighted by Gasteiger charge is 2.35. The lowest BCUT2D eigenvalue weighted by atomic mass is 9.92. The molecule has 4 rings (SSSR count). The first-order chi connectivity index (χ1) is 13.3. The Kier molecular flexibility index (Phi) is 4.24. The summed E-state index contributed by atoms with van der Waals surface area (Å²) in [5.74, 6) is 1.15. The van der Waals surface area contributed by atoms with E-state index in [0.717, 1.165) is 12.5 Å². The van der Waals surface area contributed by atoms with E-state index in [-0.39, 0.29) is 5.56 Å². The first-order valence-corrected chi connectivity index (χ1v) is 8.57. The molecule has 28 heavy (non-hydrogen) atoms. The summed E-state index contributed by atoms with van der Waals surface area (Å²) >= 11 is 0. The molecule has 0 spiro atoms. The van der Waals surface area contributed by atoms with Crippen molar-refractivity contribution in [2.45, 2.75) is 32.0 Å². The van der Waals surface area contributed by atoms with E-state index >= 15 is 0 Å². The van der Waals surface area contributed by atoms with Crippen molar-refractivity contribution in [3.8, 4) is 11.3 Å². The molecule has 3 aromatic rings. The average molecular weight is 387 g/mol. The number of hydrogen-bond donors (Lipinski definition) is 3. The molecule has 1 aliphatic heterocycles. The van der Waals surface area contributed by atoms with Gasteiger partial charge in [-0.15, -0.1) is 0 Å². The summed E-state index contributed by atoms with van der Waals surface area (Å²) in [6.07, 6.45) is 2.80. The molecule has 10 heteroatoms. The molecular formula is C18H19F2N7O. The highest BCUT2D eigenvalue weighted by Crippen LogP contribution is 2.34. The van der Waals surface area contributed by atoms with Gasteiger partial charge in [0.05, 0.1) is 18.1 Å². The minimum atomic E-state index is -2.92. The normalized spacial score (nSPS) is 18.4. The molecule has 2 atom stereocenters. The molecule has 0 fully saturated rings. The van der Waals surface area contributed by atoms with E-state index in [1.54, 1.807) is 29.1 Å². The number of benzene rings is 1. The number of imidazole rings is 1. The molecule has 0 aliphatic carbocycles. The number of nitrogens with one attached hydrogen (secondary N) is 1. The van der Waals surface area contributed by atoms with Crippen LogP contribution in [0.1, 0.15) is 30.0 Å². The van der Waals surface area contributed by atoms with Gasteiger partial charge in [0.25, 0.3) is 6.43 Å². The molecule has 0 amide bonds. The monoisotopic (exact) mass is 387 g/mol. The molecule has 0 saturated carbocycles. The summed E-state index contributed by atoms with van der Waals surface area (Å²) in [5, 5.41) is 17.4. The van der Waals surface area contributed by atoms with E-state index in [9.17, 15) is 13.9 Å². The number of aromatic nitrogens is 5. The van der Waals surface area contributed by atoms with Crippen molar-refractivity contribution in [1.29, 1.82) is 0 Å². The van der Waals surface area contributed by atoms with Gasteiger partial charge in [-0.3, -0.25) is 4.57 Å². The third-order valence-corrected chi connectivity index (χ3v) is 4.85. The van der Waals surface area contributed by atoms with E-state index in [0.29, 0.717) is 22.9 Å². The van der Waals surface area contributed by atoms with Gasteiger partial charge < -0.3 is 16.2 Å². The zero-order valence-corrected chi connectivity index (χ0v) is 15.2. The highest BCUT2D eigenvalue weighted by molar-refractivity contribution is 5.72. The van der Waals surface area contributed by atoms with Crippen molar-refractivity contribution >= 4 is 12.0 Å². The Morgan fingerprint density at radius 3 is 2.82 bits per heavy atom. The second kappa shape index (κ2) is 6.50. The summed E-state index contributed by atoms with van der Waals surface area (Å²) in [6, 6.07) is 4.76. The highest BCUT2D eigenvalue weighted by atomic mass is 19.3. The van der Waals surface area contributed by atoms with Crippen molar-refractivity contribution in [1.82, 2.24) is 29.6 Å². The van der Waals surface area contributed by atoms with Crippen LogP contribution in [0.3, 0.4) is 0 Å². The lowest BCUT2D eigenvalue weighted by molar-refractivity contribution is -0.0883. The molecule has 1 aromatic carbocycles. The maximum atomic E-state index is 13.3. The van der Waals surface area contributed by atoms with E-state index in [1.165, 1.54) is 23.4 Å². The maximum Gasteiger partial charge on any atom is 0.270 e. The van der Waals surface area contributed by atoms with Crippen LogP contribution in [0.15, 0.2) is 37.1 Å². The largest absolute Gasteiger partial charge is 0.379 e. The zero-order valence-electron chi connectivity index (χ0n) is 15.2. The minimum Gasteiger partial charge on any atom is -0.379 e. The van der Waals surface area contributed by atoms with Crippen LogP contribution in [-0.2, 0) is 5.60 Å². The third-order valence-electron chi connectivity index (χ3n) is 4.85. The molecule has 0 saturated heterocycles. The van der Waals surface area contributed by atoms with Gasteiger partial charge in [0.1, 0.15) is 30.2 Å². The number of fused-ring (bicyclic) bond motifs is 1. The standard InChI is InChI=1S/C18H19F2N7O/c1-10-3-4-11(18(2,28)17(19)20)5-12(10)13-6-23-16-15(21)25-14(7-26(13)16)27-9-22-8-24-27/h3-9,15,17,25,28H,21H2,1-2H3. The Labute approximate surface area is 159 Å².